The Labute approximate surface area is 221 Å². The van der Waals surface area contributed by atoms with Crippen molar-refractivity contribution in [2.75, 3.05) is 6.54 Å². The van der Waals surface area contributed by atoms with E-state index in [2.05, 4.69) is 72.2 Å². The Balaban J connectivity index is 1.54. The number of nitrogens with zero attached hydrogens (tertiary/aromatic N) is 1. The van der Waals surface area contributed by atoms with E-state index in [1.807, 2.05) is 24.3 Å². The Morgan fingerprint density at radius 2 is 1.65 bits per heavy atom. The highest BCUT2D eigenvalue weighted by atomic mass is 16.4. The van der Waals surface area contributed by atoms with Crippen LogP contribution in [0.1, 0.15) is 78.9 Å². The van der Waals surface area contributed by atoms with Gasteiger partial charge in [0, 0.05) is 24.1 Å². The molecule has 1 heterocycles. The van der Waals surface area contributed by atoms with Crippen molar-refractivity contribution >= 4 is 23.4 Å². The van der Waals surface area contributed by atoms with Crippen LogP contribution in [-0.4, -0.2) is 27.9 Å². The molecule has 1 aliphatic heterocycles. The maximum Gasteiger partial charge on any atom is 0.335 e. The molecule has 0 saturated heterocycles. The van der Waals surface area contributed by atoms with E-state index in [4.69, 9.17) is 0 Å². The number of allylic oxidation sites excluding steroid dienone is 1. The molecule has 190 valence electrons. The first-order valence-corrected chi connectivity index (χ1v) is 13.8. The number of fused-ring (bicyclic) bond motifs is 1. The van der Waals surface area contributed by atoms with Gasteiger partial charge in [0.1, 0.15) is 6.54 Å². The molecule has 2 aliphatic rings. The second kappa shape index (κ2) is 11.3. The molecular formula is C34H38NO2+. The molecule has 1 aliphatic carbocycles. The largest absolute Gasteiger partial charge is 0.478 e. The van der Waals surface area contributed by atoms with Gasteiger partial charge in [-0.3, -0.25) is 0 Å². The van der Waals surface area contributed by atoms with Crippen molar-refractivity contribution in [1.29, 1.82) is 0 Å². The highest BCUT2D eigenvalue weighted by molar-refractivity contribution is 6.06. The average molecular weight is 493 g/mol. The van der Waals surface area contributed by atoms with E-state index in [9.17, 15) is 9.90 Å². The molecule has 1 fully saturated rings. The van der Waals surface area contributed by atoms with Gasteiger partial charge in [-0.2, -0.15) is 4.58 Å². The Hall–Kier alpha value is -3.46. The molecule has 3 heteroatoms. The number of carboxylic acid groups (broad SMARTS) is 1. The third kappa shape index (κ3) is 5.61. The third-order valence-electron chi connectivity index (χ3n) is 8.34. The summed E-state index contributed by atoms with van der Waals surface area (Å²) in [5.74, 6) is 0.0371. The Kier molecular flexibility index (Phi) is 7.69. The summed E-state index contributed by atoms with van der Waals surface area (Å²) in [6.45, 7) is 3.23. The first-order valence-electron chi connectivity index (χ1n) is 13.8. The first kappa shape index (κ1) is 25.2. The number of carboxylic acids is 1. The maximum absolute atomic E-state index is 11.9. The maximum atomic E-state index is 11.9. The molecule has 0 radical (unpaired) electrons. The second-order valence-electron chi connectivity index (χ2n) is 11.0. The summed E-state index contributed by atoms with van der Waals surface area (Å²) in [5.41, 5.74) is 5.95. The molecule has 0 spiro atoms. The molecule has 0 amide bonds. The minimum absolute atomic E-state index is 0.334. The number of rotatable bonds is 10. The van der Waals surface area contributed by atoms with Gasteiger partial charge in [0.05, 0.1) is 11.0 Å². The van der Waals surface area contributed by atoms with Gasteiger partial charge in [0.2, 0.25) is 5.69 Å². The molecule has 0 aromatic heterocycles. The summed E-state index contributed by atoms with van der Waals surface area (Å²) in [5, 5.41) is 9.80. The fourth-order valence-electron chi connectivity index (χ4n) is 6.36. The first-order chi connectivity index (χ1) is 18.0. The van der Waals surface area contributed by atoms with Crippen molar-refractivity contribution in [2.24, 2.45) is 5.92 Å². The number of benzene rings is 3. The Morgan fingerprint density at radius 1 is 0.946 bits per heavy atom. The van der Waals surface area contributed by atoms with Gasteiger partial charge in [0.15, 0.2) is 5.71 Å². The van der Waals surface area contributed by atoms with Crippen molar-refractivity contribution in [2.45, 2.75) is 63.7 Å². The van der Waals surface area contributed by atoms with E-state index in [1.165, 1.54) is 55.4 Å². The molecule has 3 aromatic carbocycles. The molecule has 1 atom stereocenters. The van der Waals surface area contributed by atoms with Crippen LogP contribution in [0.15, 0.2) is 84.9 Å². The van der Waals surface area contributed by atoms with Crippen molar-refractivity contribution in [1.82, 2.24) is 0 Å². The van der Waals surface area contributed by atoms with Gasteiger partial charge < -0.3 is 5.11 Å². The summed E-state index contributed by atoms with van der Waals surface area (Å²) >= 11 is 0. The van der Waals surface area contributed by atoms with Crippen LogP contribution in [0.3, 0.4) is 0 Å². The number of hydrogen-bond donors (Lipinski definition) is 1. The lowest BCUT2D eigenvalue weighted by Gasteiger charge is -2.23. The number of aromatic carboxylic acids is 1. The SMILES string of the molecule is CC1(Cc2ccccc2)C(C=Cc2ccccc2)=[N+](CCCCC2CCCC2)c2ccc(C(=O)O)cc21. The average Bonchev–Trinajstić information content (AvgIpc) is 3.51. The van der Waals surface area contributed by atoms with E-state index < -0.39 is 5.97 Å². The van der Waals surface area contributed by atoms with E-state index in [0.717, 1.165) is 36.6 Å². The number of carbonyl (C=O) groups is 1. The molecule has 0 bridgehead atoms. The fourth-order valence-corrected chi connectivity index (χ4v) is 6.36. The van der Waals surface area contributed by atoms with Crippen LogP contribution in [0.2, 0.25) is 0 Å². The zero-order valence-electron chi connectivity index (χ0n) is 21.9. The van der Waals surface area contributed by atoms with Gasteiger partial charge >= 0.3 is 5.97 Å². The summed E-state index contributed by atoms with van der Waals surface area (Å²) in [4.78, 5) is 11.9. The lowest BCUT2D eigenvalue weighted by atomic mass is 9.74. The predicted octanol–water partition coefficient (Wildman–Crippen LogP) is 8.06. The monoisotopic (exact) mass is 492 g/mol. The normalized spacial score (nSPS) is 19.6. The lowest BCUT2D eigenvalue weighted by molar-refractivity contribution is -0.438. The van der Waals surface area contributed by atoms with Crippen LogP contribution >= 0.6 is 0 Å². The van der Waals surface area contributed by atoms with Gasteiger partial charge in [-0.05, 0) is 55.0 Å². The van der Waals surface area contributed by atoms with Crippen molar-refractivity contribution in [3.05, 3.63) is 107 Å². The van der Waals surface area contributed by atoms with Crippen molar-refractivity contribution < 1.29 is 14.5 Å². The summed E-state index contributed by atoms with van der Waals surface area (Å²) < 4.78 is 2.47. The Morgan fingerprint density at radius 3 is 2.35 bits per heavy atom. The molecule has 1 unspecified atom stereocenters. The molecule has 1 N–H and O–H groups in total. The molecule has 37 heavy (non-hydrogen) atoms. The summed E-state index contributed by atoms with van der Waals surface area (Å²) in [6, 6.07) is 26.7. The minimum atomic E-state index is -0.874. The van der Waals surface area contributed by atoms with Gasteiger partial charge in [0.25, 0.3) is 0 Å². The zero-order chi connectivity index (χ0) is 25.7. The number of unbranched alkanes of at least 4 members (excludes halogenated alkanes) is 1. The molecule has 5 rings (SSSR count). The molecular weight excluding hydrogens is 454 g/mol. The summed E-state index contributed by atoms with van der Waals surface area (Å²) in [7, 11) is 0. The topological polar surface area (TPSA) is 40.3 Å². The highest BCUT2D eigenvalue weighted by Gasteiger charge is 2.48. The van der Waals surface area contributed by atoms with Crippen LogP contribution in [0.4, 0.5) is 5.69 Å². The van der Waals surface area contributed by atoms with E-state index in [0.29, 0.717) is 5.56 Å². The Bertz CT molecular complexity index is 1290. The van der Waals surface area contributed by atoms with Crippen molar-refractivity contribution in [3.63, 3.8) is 0 Å². The molecule has 3 aromatic rings. The molecule has 3 nitrogen and oxygen atoms in total. The second-order valence-corrected chi connectivity index (χ2v) is 11.0. The van der Waals surface area contributed by atoms with Crippen LogP contribution in [0.5, 0.6) is 0 Å². The predicted molar refractivity (Wildman–Crippen MR) is 152 cm³/mol. The van der Waals surface area contributed by atoms with Crippen LogP contribution in [0, 0.1) is 5.92 Å². The lowest BCUT2D eigenvalue weighted by Crippen LogP contribution is -2.34. The van der Waals surface area contributed by atoms with Crippen molar-refractivity contribution in [3.8, 4) is 0 Å². The van der Waals surface area contributed by atoms with Gasteiger partial charge in [-0.25, -0.2) is 4.79 Å². The zero-order valence-corrected chi connectivity index (χ0v) is 21.9. The quantitative estimate of drug-likeness (QED) is 0.230. The van der Waals surface area contributed by atoms with Gasteiger partial charge in [-0.1, -0.05) is 92.8 Å². The smallest absolute Gasteiger partial charge is 0.335 e. The summed E-state index contributed by atoms with van der Waals surface area (Å²) in [6.07, 6.45) is 14.6. The van der Waals surface area contributed by atoms with E-state index >= 15 is 0 Å². The van der Waals surface area contributed by atoms with E-state index in [1.54, 1.807) is 6.07 Å². The standard InChI is InChI=1S/C34H37NO2/c1-34(25-28-17-6-3-7-18-28)30-24-29(33(36)37)20-21-31(30)35(23-11-10-16-26-14-8-9-15-26)32(34)22-19-27-12-4-2-5-13-27/h2-7,12-13,17-22,24,26H,8-11,14-16,23,25H2,1H3/p+1. The van der Waals surface area contributed by atoms with E-state index in [-0.39, 0.29) is 5.41 Å². The minimum Gasteiger partial charge on any atom is -0.478 e. The fraction of sp³-hybridized carbons (Fsp3) is 0.353. The number of hydrogen-bond acceptors (Lipinski definition) is 1. The third-order valence-corrected chi connectivity index (χ3v) is 8.34. The van der Waals surface area contributed by atoms with Gasteiger partial charge in [-0.15, -0.1) is 0 Å². The van der Waals surface area contributed by atoms with Crippen LogP contribution < -0.4 is 0 Å². The highest BCUT2D eigenvalue weighted by Crippen LogP contribution is 2.43. The van der Waals surface area contributed by atoms with Crippen LogP contribution in [0.25, 0.3) is 6.08 Å². The molecule has 1 saturated carbocycles. The van der Waals surface area contributed by atoms with Crippen LogP contribution in [-0.2, 0) is 11.8 Å².